The van der Waals surface area contributed by atoms with E-state index in [0.717, 1.165) is 17.7 Å². The highest BCUT2D eigenvalue weighted by molar-refractivity contribution is 5.95. The number of likely N-dealkylation sites (N-methyl/N-ethyl adjacent to an activating group) is 1. The second kappa shape index (κ2) is 10.2. The molecule has 2 rings (SSSR count). The number of carbonyl (C=O) groups is 3. The smallest absolute Gasteiger partial charge is 0.243 e. The Morgan fingerprint density at radius 1 is 0.966 bits per heavy atom. The molecule has 0 aliphatic carbocycles. The minimum atomic E-state index is -1.09. The van der Waals surface area contributed by atoms with E-state index in [1.807, 2.05) is 6.92 Å². The molecule has 10 heteroatoms. The van der Waals surface area contributed by atoms with E-state index < -0.39 is 23.4 Å². The fraction of sp³-hybridized carbons (Fsp3) is 0.263. The maximum absolute atomic E-state index is 13.1. The van der Waals surface area contributed by atoms with Crippen LogP contribution in [-0.4, -0.2) is 54.3 Å². The van der Waals surface area contributed by atoms with Crippen LogP contribution >= 0.6 is 0 Å². The second-order valence-electron chi connectivity index (χ2n) is 6.39. The Labute approximate surface area is 166 Å². The second-order valence-corrected chi connectivity index (χ2v) is 6.39. The normalized spacial score (nSPS) is 10.5. The summed E-state index contributed by atoms with van der Waals surface area (Å²) in [5, 5.41) is 7.35. The number of amides is 3. The number of aromatic nitrogens is 1. The Hall–Kier alpha value is -3.40. The molecule has 0 radical (unpaired) electrons. The van der Waals surface area contributed by atoms with Crippen LogP contribution in [0.5, 0.6) is 0 Å². The highest BCUT2D eigenvalue weighted by Crippen LogP contribution is 2.12. The van der Waals surface area contributed by atoms with Crippen LogP contribution in [0.1, 0.15) is 5.56 Å². The van der Waals surface area contributed by atoms with Crippen molar-refractivity contribution in [2.24, 2.45) is 0 Å². The quantitative estimate of drug-likeness (QED) is 0.614. The van der Waals surface area contributed by atoms with E-state index in [0.29, 0.717) is 5.82 Å². The maximum Gasteiger partial charge on any atom is 0.243 e. The Balaban J connectivity index is 1.71. The van der Waals surface area contributed by atoms with Crippen molar-refractivity contribution in [2.75, 3.05) is 37.3 Å². The molecule has 0 bridgehead atoms. The molecule has 1 aromatic heterocycles. The van der Waals surface area contributed by atoms with Gasteiger partial charge in [0.15, 0.2) is 11.6 Å². The molecule has 1 aromatic carbocycles. The fourth-order valence-electron chi connectivity index (χ4n) is 2.35. The number of aryl methyl sites for hydroxylation is 1. The van der Waals surface area contributed by atoms with Crippen LogP contribution in [-0.2, 0) is 14.4 Å². The third kappa shape index (κ3) is 7.62. The van der Waals surface area contributed by atoms with Crippen molar-refractivity contribution >= 4 is 29.2 Å². The molecule has 0 unspecified atom stereocenters. The predicted molar refractivity (Wildman–Crippen MR) is 103 cm³/mol. The van der Waals surface area contributed by atoms with Gasteiger partial charge in [-0.3, -0.25) is 19.3 Å². The number of carbonyl (C=O) groups excluding carboxylic acids is 3. The van der Waals surface area contributed by atoms with Gasteiger partial charge in [-0.25, -0.2) is 13.8 Å². The highest BCUT2D eigenvalue weighted by Gasteiger charge is 2.13. The number of halogens is 2. The van der Waals surface area contributed by atoms with Gasteiger partial charge in [-0.05, 0) is 43.8 Å². The zero-order valence-electron chi connectivity index (χ0n) is 16.0. The number of rotatable bonds is 8. The highest BCUT2D eigenvalue weighted by atomic mass is 19.2. The minimum absolute atomic E-state index is 0.0515. The monoisotopic (exact) mass is 405 g/mol. The van der Waals surface area contributed by atoms with E-state index >= 15 is 0 Å². The number of anilines is 2. The Morgan fingerprint density at radius 2 is 1.69 bits per heavy atom. The van der Waals surface area contributed by atoms with Crippen molar-refractivity contribution in [2.45, 2.75) is 6.92 Å². The third-order valence-corrected chi connectivity index (χ3v) is 3.66. The average Bonchev–Trinajstić information content (AvgIpc) is 2.63. The van der Waals surface area contributed by atoms with Crippen LogP contribution in [0.2, 0.25) is 0 Å². The molecule has 29 heavy (non-hydrogen) atoms. The number of pyridine rings is 1. The topological polar surface area (TPSA) is 103 Å². The number of nitrogens with one attached hydrogen (secondary N) is 3. The first kappa shape index (κ1) is 21.9. The first-order valence-electron chi connectivity index (χ1n) is 8.65. The molecule has 8 nitrogen and oxygen atoms in total. The molecule has 0 fully saturated rings. The van der Waals surface area contributed by atoms with Crippen molar-refractivity contribution < 1.29 is 23.2 Å². The number of hydrogen-bond donors (Lipinski definition) is 3. The SMILES string of the molecule is Cc1ccnc(NC(=O)CN(C)CC(=O)NCC(=O)Nc2ccc(F)c(F)c2)c1. The lowest BCUT2D eigenvalue weighted by atomic mass is 10.3. The average molecular weight is 405 g/mol. The molecular formula is C19H21F2N5O3. The fourth-order valence-corrected chi connectivity index (χ4v) is 2.35. The molecule has 2 aromatic rings. The number of benzene rings is 1. The molecule has 0 aliphatic heterocycles. The summed E-state index contributed by atoms with van der Waals surface area (Å²) >= 11 is 0. The molecule has 3 N–H and O–H groups in total. The summed E-state index contributed by atoms with van der Waals surface area (Å²) < 4.78 is 26.0. The summed E-state index contributed by atoms with van der Waals surface area (Å²) in [5.41, 5.74) is 1.02. The molecule has 1 heterocycles. The Morgan fingerprint density at radius 3 is 2.38 bits per heavy atom. The van der Waals surface area contributed by atoms with Crippen molar-refractivity contribution in [1.82, 2.24) is 15.2 Å². The van der Waals surface area contributed by atoms with Crippen LogP contribution in [0, 0.1) is 18.6 Å². The lowest BCUT2D eigenvalue weighted by molar-refractivity contribution is -0.125. The van der Waals surface area contributed by atoms with Gasteiger partial charge in [0.05, 0.1) is 19.6 Å². The van der Waals surface area contributed by atoms with Gasteiger partial charge in [0, 0.05) is 18.0 Å². The molecular weight excluding hydrogens is 384 g/mol. The van der Waals surface area contributed by atoms with E-state index in [1.165, 1.54) is 11.0 Å². The summed E-state index contributed by atoms with van der Waals surface area (Å²) in [4.78, 5) is 41.2. The van der Waals surface area contributed by atoms with Crippen molar-refractivity contribution in [1.29, 1.82) is 0 Å². The van der Waals surface area contributed by atoms with Crippen LogP contribution in [0.25, 0.3) is 0 Å². The van der Waals surface area contributed by atoms with Crippen molar-refractivity contribution in [3.63, 3.8) is 0 Å². The summed E-state index contributed by atoms with van der Waals surface area (Å²) in [6.45, 7) is 1.35. The Bertz CT molecular complexity index is 907. The van der Waals surface area contributed by atoms with Crippen LogP contribution in [0.15, 0.2) is 36.5 Å². The third-order valence-electron chi connectivity index (χ3n) is 3.66. The van der Waals surface area contributed by atoms with Crippen LogP contribution in [0.4, 0.5) is 20.3 Å². The van der Waals surface area contributed by atoms with Gasteiger partial charge in [-0.15, -0.1) is 0 Å². The lowest BCUT2D eigenvalue weighted by Gasteiger charge is -2.16. The van der Waals surface area contributed by atoms with Gasteiger partial charge in [-0.1, -0.05) is 0 Å². The summed E-state index contributed by atoms with van der Waals surface area (Å²) in [6.07, 6.45) is 1.58. The summed E-state index contributed by atoms with van der Waals surface area (Å²) in [5.74, 6) is -3.12. The molecule has 154 valence electrons. The zero-order valence-corrected chi connectivity index (χ0v) is 16.0. The van der Waals surface area contributed by atoms with Gasteiger partial charge < -0.3 is 16.0 Å². The van der Waals surface area contributed by atoms with E-state index in [4.69, 9.17) is 0 Å². The summed E-state index contributed by atoms with van der Waals surface area (Å²) in [6, 6.07) is 6.44. The molecule has 0 aliphatic rings. The standard InChI is InChI=1S/C19H21F2N5O3/c1-12-5-6-22-16(7-12)25-19(29)11-26(2)10-18(28)23-9-17(27)24-13-3-4-14(20)15(21)8-13/h3-8H,9-11H2,1-2H3,(H,23,28)(H,24,27)(H,22,25,29). The molecule has 0 spiro atoms. The minimum Gasteiger partial charge on any atom is -0.346 e. The summed E-state index contributed by atoms with van der Waals surface area (Å²) in [7, 11) is 1.57. The molecule has 3 amide bonds. The zero-order chi connectivity index (χ0) is 21.4. The van der Waals surface area contributed by atoms with E-state index in [9.17, 15) is 23.2 Å². The van der Waals surface area contributed by atoms with Gasteiger partial charge >= 0.3 is 0 Å². The van der Waals surface area contributed by atoms with Crippen molar-refractivity contribution in [3.8, 4) is 0 Å². The lowest BCUT2D eigenvalue weighted by Crippen LogP contribution is -2.41. The van der Waals surface area contributed by atoms with Gasteiger partial charge in [0.2, 0.25) is 17.7 Å². The van der Waals surface area contributed by atoms with E-state index in [2.05, 4.69) is 20.9 Å². The van der Waals surface area contributed by atoms with E-state index in [-0.39, 0.29) is 31.2 Å². The molecule has 0 saturated heterocycles. The number of hydrogen-bond acceptors (Lipinski definition) is 5. The Kier molecular flexibility index (Phi) is 7.72. The van der Waals surface area contributed by atoms with Gasteiger partial charge in [-0.2, -0.15) is 0 Å². The van der Waals surface area contributed by atoms with E-state index in [1.54, 1.807) is 25.4 Å². The van der Waals surface area contributed by atoms with Crippen molar-refractivity contribution in [3.05, 3.63) is 53.7 Å². The van der Waals surface area contributed by atoms with Gasteiger partial charge in [0.1, 0.15) is 5.82 Å². The molecule has 0 atom stereocenters. The first-order valence-corrected chi connectivity index (χ1v) is 8.65. The molecule has 0 saturated carbocycles. The number of nitrogens with zero attached hydrogens (tertiary/aromatic N) is 2. The van der Waals surface area contributed by atoms with Crippen LogP contribution in [0.3, 0.4) is 0 Å². The maximum atomic E-state index is 13.1. The first-order chi connectivity index (χ1) is 13.7. The van der Waals surface area contributed by atoms with Gasteiger partial charge in [0.25, 0.3) is 0 Å². The largest absolute Gasteiger partial charge is 0.346 e. The van der Waals surface area contributed by atoms with Crippen LogP contribution < -0.4 is 16.0 Å². The predicted octanol–water partition coefficient (Wildman–Crippen LogP) is 1.29.